The molecule has 8 nitrogen and oxygen atoms in total. The minimum atomic E-state index is -3.42. The molecule has 208 valence electrons. The number of thiocarbonyl (C=S) groups is 1. The predicted octanol–water partition coefficient (Wildman–Crippen LogP) is 6.01. The monoisotopic (exact) mass is 595 g/mol. The molecule has 0 saturated carbocycles. The Morgan fingerprint density at radius 1 is 1.07 bits per heavy atom. The number of aromatic nitrogens is 2. The topological polar surface area (TPSA) is 88.5 Å². The summed E-state index contributed by atoms with van der Waals surface area (Å²) in [4.78, 5) is 6.73. The van der Waals surface area contributed by atoms with E-state index in [1.54, 1.807) is 19.4 Å². The first-order valence-electron chi connectivity index (χ1n) is 12.6. The third kappa shape index (κ3) is 5.26. The smallest absolute Gasteiger partial charge is 0.229 e. The van der Waals surface area contributed by atoms with Crippen LogP contribution in [0.25, 0.3) is 5.69 Å². The minimum Gasteiger partial charge on any atom is -0.495 e. The number of halogens is 1. The van der Waals surface area contributed by atoms with Crippen LogP contribution in [0.3, 0.4) is 0 Å². The highest BCUT2D eigenvalue weighted by Gasteiger charge is 2.42. The molecule has 3 heterocycles. The predicted molar refractivity (Wildman–Crippen MR) is 164 cm³/mol. The second-order valence-corrected chi connectivity index (χ2v) is 12.4. The number of rotatable bonds is 7. The summed E-state index contributed by atoms with van der Waals surface area (Å²) in [5.41, 5.74) is 6.91. The molecule has 2 N–H and O–H groups in total. The van der Waals surface area contributed by atoms with E-state index in [4.69, 9.17) is 28.6 Å². The van der Waals surface area contributed by atoms with Crippen molar-refractivity contribution in [2.24, 2.45) is 0 Å². The molecule has 0 unspecified atom stereocenters. The summed E-state index contributed by atoms with van der Waals surface area (Å²) in [6.45, 7) is 5.99. The van der Waals surface area contributed by atoms with Crippen LogP contribution in [0.2, 0.25) is 5.02 Å². The first-order chi connectivity index (χ1) is 19.0. The van der Waals surface area contributed by atoms with Crippen molar-refractivity contribution in [1.29, 1.82) is 0 Å². The van der Waals surface area contributed by atoms with Crippen molar-refractivity contribution in [1.82, 2.24) is 14.9 Å². The van der Waals surface area contributed by atoms with E-state index in [1.165, 1.54) is 0 Å². The number of anilines is 2. The molecular formula is C29H30ClN5O3S2. The van der Waals surface area contributed by atoms with Crippen molar-refractivity contribution < 1.29 is 13.2 Å². The molecule has 0 radical (unpaired) electrons. The van der Waals surface area contributed by atoms with Crippen molar-refractivity contribution in [3.8, 4) is 11.4 Å². The van der Waals surface area contributed by atoms with E-state index in [9.17, 15) is 8.42 Å². The SMILES string of the molecule is COc1ccc(Cl)cc1-n1c(C)cc([C@H]2[C@H](c3ccccn3)NC(=S)N2c2ccc(NS(C)(=O)=O)c(C)c2)c1C. The van der Waals surface area contributed by atoms with E-state index < -0.39 is 10.0 Å². The van der Waals surface area contributed by atoms with Gasteiger partial charge >= 0.3 is 0 Å². The summed E-state index contributed by atoms with van der Waals surface area (Å²) in [5, 5.41) is 4.66. The highest BCUT2D eigenvalue weighted by atomic mass is 35.5. The fraction of sp³-hybridized carbons (Fsp3) is 0.241. The number of sulfonamides is 1. The summed E-state index contributed by atoms with van der Waals surface area (Å²) in [6, 6.07) is 18.6. The van der Waals surface area contributed by atoms with E-state index in [1.807, 2.05) is 62.4 Å². The van der Waals surface area contributed by atoms with Crippen LogP contribution < -0.4 is 19.7 Å². The zero-order chi connectivity index (χ0) is 28.8. The maximum Gasteiger partial charge on any atom is 0.229 e. The van der Waals surface area contributed by atoms with Crippen LogP contribution in [0.5, 0.6) is 5.75 Å². The molecular weight excluding hydrogens is 566 g/mol. The van der Waals surface area contributed by atoms with Crippen molar-refractivity contribution >= 4 is 50.3 Å². The van der Waals surface area contributed by atoms with Gasteiger partial charge in [-0.1, -0.05) is 17.7 Å². The molecule has 4 aromatic rings. The Labute approximate surface area is 245 Å². The number of benzene rings is 2. The van der Waals surface area contributed by atoms with Crippen molar-refractivity contribution in [2.45, 2.75) is 32.9 Å². The number of hydrogen-bond donors (Lipinski definition) is 2. The van der Waals surface area contributed by atoms with Crippen molar-refractivity contribution in [3.63, 3.8) is 0 Å². The molecule has 11 heteroatoms. The van der Waals surface area contributed by atoms with E-state index in [0.29, 0.717) is 21.6 Å². The third-order valence-corrected chi connectivity index (χ3v) is 8.19. The van der Waals surface area contributed by atoms with Crippen LogP contribution in [-0.4, -0.2) is 36.4 Å². The first-order valence-corrected chi connectivity index (χ1v) is 15.3. The highest BCUT2D eigenvalue weighted by molar-refractivity contribution is 7.92. The quantitative estimate of drug-likeness (QED) is 0.253. The molecule has 1 aliphatic rings. The fourth-order valence-corrected chi connectivity index (χ4v) is 6.50. The highest BCUT2D eigenvalue weighted by Crippen LogP contribution is 2.45. The molecule has 2 aromatic carbocycles. The second-order valence-electron chi connectivity index (χ2n) is 9.85. The lowest BCUT2D eigenvalue weighted by atomic mass is 9.96. The van der Waals surface area contributed by atoms with Gasteiger partial charge < -0.3 is 19.5 Å². The molecule has 40 heavy (non-hydrogen) atoms. The van der Waals surface area contributed by atoms with E-state index in [-0.39, 0.29) is 12.1 Å². The van der Waals surface area contributed by atoms with Crippen LogP contribution >= 0.6 is 23.8 Å². The lowest BCUT2D eigenvalue weighted by molar-refractivity contribution is 0.412. The van der Waals surface area contributed by atoms with E-state index in [0.717, 1.165) is 45.8 Å². The van der Waals surface area contributed by atoms with Gasteiger partial charge in [0, 0.05) is 28.3 Å². The van der Waals surface area contributed by atoms with Crippen LogP contribution in [0, 0.1) is 20.8 Å². The van der Waals surface area contributed by atoms with Gasteiger partial charge in [-0.15, -0.1) is 0 Å². The van der Waals surface area contributed by atoms with Gasteiger partial charge in [-0.05, 0) is 98.7 Å². The lowest BCUT2D eigenvalue weighted by Crippen LogP contribution is -2.29. The number of ether oxygens (including phenoxy) is 1. The van der Waals surface area contributed by atoms with Gasteiger partial charge in [0.25, 0.3) is 0 Å². The number of methoxy groups -OCH3 is 1. The van der Waals surface area contributed by atoms with Gasteiger partial charge in [-0.2, -0.15) is 0 Å². The number of nitrogens with one attached hydrogen (secondary N) is 2. The minimum absolute atomic E-state index is 0.238. The Balaban J connectivity index is 1.67. The van der Waals surface area contributed by atoms with Crippen LogP contribution in [0.4, 0.5) is 11.4 Å². The average molecular weight is 596 g/mol. The number of aryl methyl sites for hydroxylation is 2. The molecule has 5 rings (SSSR count). The summed E-state index contributed by atoms with van der Waals surface area (Å²) in [7, 11) is -1.77. The zero-order valence-electron chi connectivity index (χ0n) is 22.8. The molecule has 0 bridgehead atoms. The Hall–Kier alpha value is -3.60. The van der Waals surface area contributed by atoms with Crippen LogP contribution in [0.15, 0.2) is 66.9 Å². The van der Waals surface area contributed by atoms with Gasteiger partial charge in [0.05, 0.1) is 42.5 Å². The number of hydrogen-bond acceptors (Lipinski definition) is 5. The summed E-state index contributed by atoms with van der Waals surface area (Å²) in [5.74, 6) is 0.709. The van der Waals surface area contributed by atoms with Crippen molar-refractivity contribution in [3.05, 3.63) is 100 Å². The second kappa shape index (κ2) is 10.8. The molecule has 1 saturated heterocycles. The average Bonchev–Trinajstić information content (AvgIpc) is 3.39. The first kappa shape index (κ1) is 27.9. The number of pyridine rings is 1. The van der Waals surface area contributed by atoms with E-state index in [2.05, 4.69) is 37.5 Å². The van der Waals surface area contributed by atoms with Gasteiger partial charge in [-0.25, -0.2) is 8.42 Å². The lowest BCUT2D eigenvalue weighted by Gasteiger charge is -2.29. The standard InChI is InChI=1S/C29H30ClN5O3S2/c1-17-14-21(10-11-23(17)33-40(5,36)37)35-28(27(32-29(35)39)24-8-6-7-13-31-24)22-15-18(2)34(19(22)3)25-16-20(30)9-12-26(25)38-4/h6-16,27-28,33H,1-5H3,(H,32,39)/t27-,28-/m0/s1. The van der Waals surface area contributed by atoms with Gasteiger partial charge in [0.2, 0.25) is 10.0 Å². The largest absolute Gasteiger partial charge is 0.495 e. The molecule has 0 spiro atoms. The molecule has 0 aliphatic carbocycles. The molecule has 0 amide bonds. The Bertz CT molecular complexity index is 1710. The van der Waals surface area contributed by atoms with Crippen LogP contribution in [0.1, 0.15) is 40.3 Å². The van der Waals surface area contributed by atoms with Crippen LogP contribution in [-0.2, 0) is 10.0 Å². The molecule has 1 aliphatic heterocycles. The maximum absolute atomic E-state index is 11.9. The normalized spacial score (nSPS) is 17.1. The Morgan fingerprint density at radius 2 is 1.85 bits per heavy atom. The zero-order valence-corrected chi connectivity index (χ0v) is 25.2. The van der Waals surface area contributed by atoms with Gasteiger partial charge in [0.15, 0.2) is 5.11 Å². The summed E-state index contributed by atoms with van der Waals surface area (Å²) in [6.07, 6.45) is 2.91. The van der Waals surface area contributed by atoms with E-state index >= 15 is 0 Å². The summed E-state index contributed by atoms with van der Waals surface area (Å²) < 4.78 is 34.1. The molecule has 2 atom stereocenters. The van der Waals surface area contributed by atoms with Gasteiger partial charge in [0.1, 0.15) is 5.75 Å². The molecule has 1 fully saturated rings. The fourth-order valence-electron chi connectivity index (χ4n) is 5.36. The van der Waals surface area contributed by atoms with Gasteiger partial charge in [-0.3, -0.25) is 9.71 Å². The van der Waals surface area contributed by atoms with Crippen molar-refractivity contribution in [2.75, 3.05) is 23.0 Å². The molecule has 2 aromatic heterocycles. The third-order valence-electron chi connectivity index (χ3n) is 7.05. The Morgan fingerprint density at radius 3 is 2.50 bits per heavy atom. The maximum atomic E-state index is 11.9. The number of nitrogens with zero attached hydrogens (tertiary/aromatic N) is 3. The Kier molecular flexibility index (Phi) is 7.52. The summed E-state index contributed by atoms with van der Waals surface area (Å²) >= 11 is 12.3.